The van der Waals surface area contributed by atoms with Gasteiger partial charge in [0.15, 0.2) is 18.1 Å². The Bertz CT molecular complexity index is 778. The summed E-state index contributed by atoms with van der Waals surface area (Å²) in [7, 11) is 1.76. The van der Waals surface area contributed by atoms with Crippen molar-refractivity contribution in [1.29, 1.82) is 0 Å². The molecule has 3 rings (SSSR count). The first-order chi connectivity index (χ1) is 12.3. The van der Waals surface area contributed by atoms with E-state index >= 15 is 0 Å². The number of ether oxygens (including phenoxy) is 3. The van der Waals surface area contributed by atoms with Gasteiger partial charge in [-0.1, -0.05) is 39.0 Å². The van der Waals surface area contributed by atoms with Crippen LogP contribution in [0.3, 0.4) is 0 Å². The van der Waals surface area contributed by atoms with Crippen LogP contribution in [-0.4, -0.2) is 31.3 Å². The summed E-state index contributed by atoms with van der Waals surface area (Å²) >= 11 is 0. The molecule has 0 unspecified atom stereocenters. The van der Waals surface area contributed by atoms with Gasteiger partial charge in [-0.05, 0) is 40.8 Å². The SMILES string of the molecule is CN(Cc1ccc2c(c1)OCO2)C(=O)COc1ccc(C(C)(C)C)cc1. The first-order valence-corrected chi connectivity index (χ1v) is 8.69. The van der Waals surface area contributed by atoms with Crippen LogP contribution < -0.4 is 14.2 Å². The number of hydrogen-bond acceptors (Lipinski definition) is 4. The molecule has 1 aliphatic heterocycles. The minimum absolute atomic E-state index is 0.00984. The van der Waals surface area contributed by atoms with Crippen molar-refractivity contribution in [3.05, 3.63) is 53.6 Å². The van der Waals surface area contributed by atoms with Gasteiger partial charge in [0.25, 0.3) is 5.91 Å². The zero-order chi connectivity index (χ0) is 18.7. The van der Waals surface area contributed by atoms with Crippen LogP contribution in [-0.2, 0) is 16.8 Å². The normalized spacial score (nSPS) is 12.8. The van der Waals surface area contributed by atoms with Crippen LogP contribution in [0, 0.1) is 0 Å². The molecule has 0 bridgehead atoms. The predicted octanol–water partition coefficient (Wildman–Crippen LogP) is 3.75. The first kappa shape index (κ1) is 18.1. The predicted molar refractivity (Wildman–Crippen MR) is 99.7 cm³/mol. The standard InChI is InChI=1S/C21H25NO4/c1-21(2,3)16-6-8-17(9-7-16)24-13-20(23)22(4)12-15-5-10-18-19(11-15)26-14-25-18/h5-11H,12-14H2,1-4H3. The zero-order valence-electron chi connectivity index (χ0n) is 15.7. The lowest BCUT2D eigenvalue weighted by molar-refractivity contribution is -0.132. The molecule has 0 fully saturated rings. The van der Waals surface area contributed by atoms with Crippen molar-refractivity contribution in [2.24, 2.45) is 0 Å². The molecule has 0 saturated carbocycles. The molecule has 0 spiro atoms. The van der Waals surface area contributed by atoms with Gasteiger partial charge in [-0.25, -0.2) is 0 Å². The number of fused-ring (bicyclic) bond motifs is 1. The van der Waals surface area contributed by atoms with E-state index in [1.807, 2.05) is 42.5 Å². The number of carbonyl (C=O) groups excluding carboxylic acids is 1. The minimum Gasteiger partial charge on any atom is -0.484 e. The molecular formula is C21H25NO4. The van der Waals surface area contributed by atoms with Gasteiger partial charge in [-0.2, -0.15) is 0 Å². The third-order valence-corrected chi connectivity index (χ3v) is 4.37. The quantitative estimate of drug-likeness (QED) is 0.820. The fourth-order valence-electron chi connectivity index (χ4n) is 2.71. The van der Waals surface area contributed by atoms with E-state index in [1.54, 1.807) is 11.9 Å². The summed E-state index contributed by atoms with van der Waals surface area (Å²) in [5, 5.41) is 0. The molecule has 0 aromatic heterocycles. The molecule has 0 atom stereocenters. The second kappa shape index (κ2) is 7.28. The van der Waals surface area contributed by atoms with Gasteiger partial charge in [0.2, 0.25) is 6.79 Å². The van der Waals surface area contributed by atoms with Gasteiger partial charge in [0, 0.05) is 13.6 Å². The van der Waals surface area contributed by atoms with Crippen molar-refractivity contribution in [3.8, 4) is 17.2 Å². The van der Waals surface area contributed by atoms with E-state index in [0.29, 0.717) is 12.3 Å². The Balaban J connectivity index is 1.53. The number of hydrogen-bond donors (Lipinski definition) is 0. The molecule has 26 heavy (non-hydrogen) atoms. The van der Waals surface area contributed by atoms with Gasteiger partial charge in [0.1, 0.15) is 5.75 Å². The highest BCUT2D eigenvalue weighted by atomic mass is 16.7. The highest BCUT2D eigenvalue weighted by Gasteiger charge is 2.16. The van der Waals surface area contributed by atoms with Crippen molar-refractivity contribution in [1.82, 2.24) is 4.90 Å². The molecule has 0 saturated heterocycles. The second-order valence-corrected chi connectivity index (χ2v) is 7.50. The Morgan fingerprint density at radius 3 is 2.46 bits per heavy atom. The van der Waals surface area contributed by atoms with Gasteiger partial charge in [-0.15, -0.1) is 0 Å². The molecule has 0 N–H and O–H groups in total. The molecular weight excluding hydrogens is 330 g/mol. The molecule has 138 valence electrons. The average molecular weight is 355 g/mol. The van der Waals surface area contributed by atoms with Crippen molar-refractivity contribution >= 4 is 5.91 Å². The lowest BCUT2D eigenvalue weighted by Crippen LogP contribution is -2.30. The van der Waals surface area contributed by atoms with Crippen LogP contribution in [0.25, 0.3) is 0 Å². The summed E-state index contributed by atoms with van der Waals surface area (Å²) < 4.78 is 16.3. The summed E-state index contributed by atoms with van der Waals surface area (Å²) in [5.74, 6) is 2.08. The number of carbonyl (C=O) groups is 1. The van der Waals surface area contributed by atoms with Crippen molar-refractivity contribution in [2.75, 3.05) is 20.4 Å². The highest BCUT2D eigenvalue weighted by Crippen LogP contribution is 2.32. The number of likely N-dealkylation sites (N-methyl/N-ethyl adjacent to an activating group) is 1. The van der Waals surface area contributed by atoms with E-state index in [2.05, 4.69) is 20.8 Å². The molecule has 5 heteroatoms. The maximum Gasteiger partial charge on any atom is 0.260 e. The summed E-state index contributed by atoms with van der Waals surface area (Å²) in [6, 6.07) is 13.6. The lowest BCUT2D eigenvalue weighted by Gasteiger charge is -2.20. The topological polar surface area (TPSA) is 48.0 Å². The fraction of sp³-hybridized carbons (Fsp3) is 0.381. The maximum absolute atomic E-state index is 12.3. The van der Waals surface area contributed by atoms with Crippen LogP contribution >= 0.6 is 0 Å². The Kier molecular flexibility index (Phi) is 5.07. The van der Waals surface area contributed by atoms with Gasteiger partial charge in [-0.3, -0.25) is 4.79 Å². The second-order valence-electron chi connectivity index (χ2n) is 7.50. The fourth-order valence-corrected chi connectivity index (χ4v) is 2.71. The maximum atomic E-state index is 12.3. The molecule has 0 radical (unpaired) electrons. The zero-order valence-corrected chi connectivity index (χ0v) is 15.7. The van der Waals surface area contributed by atoms with Gasteiger partial charge < -0.3 is 19.1 Å². The molecule has 0 aliphatic carbocycles. The van der Waals surface area contributed by atoms with E-state index in [0.717, 1.165) is 17.1 Å². The average Bonchev–Trinajstić information content (AvgIpc) is 3.07. The van der Waals surface area contributed by atoms with Crippen LogP contribution in [0.4, 0.5) is 0 Å². The smallest absolute Gasteiger partial charge is 0.260 e. The van der Waals surface area contributed by atoms with Crippen LogP contribution in [0.1, 0.15) is 31.9 Å². The molecule has 2 aromatic rings. The molecule has 2 aromatic carbocycles. The van der Waals surface area contributed by atoms with Gasteiger partial charge in [0.05, 0.1) is 0 Å². The molecule has 1 aliphatic rings. The van der Waals surface area contributed by atoms with Crippen LogP contribution in [0.15, 0.2) is 42.5 Å². The van der Waals surface area contributed by atoms with E-state index in [9.17, 15) is 4.79 Å². The van der Waals surface area contributed by atoms with E-state index in [-0.39, 0.29) is 24.7 Å². The first-order valence-electron chi connectivity index (χ1n) is 8.69. The third kappa shape index (κ3) is 4.28. The number of nitrogens with zero attached hydrogens (tertiary/aromatic N) is 1. The van der Waals surface area contributed by atoms with Crippen LogP contribution in [0.2, 0.25) is 0 Å². The highest BCUT2D eigenvalue weighted by molar-refractivity contribution is 5.77. The van der Waals surface area contributed by atoms with Crippen molar-refractivity contribution in [2.45, 2.75) is 32.7 Å². The summed E-state index contributed by atoms with van der Waals surface area (Å²) in [6.07, 6.45) is 0. The minimum atomic E-state index is -0.0810. The summed E-state index contributed by atoms with van der Waals surface area (Å²) in [5.41, 5.74) is 2.31. The number of rotatable bonds is 5. The Labute approximate surface area is 154 Å². The monoisotopic (exact) mass is 355 g/mol. The van der Waals surface area contributed by atoms with E-state index < -0.39 is 0 Å². The molecule has 1 amide bonds. The Morgan fingerprint density at radius 2 is 1.77 bits per heavy atom. The Morgan fingerprint density at radius 1 is 1.08 bits per heavy atom. The van der Waals surface area contributed by atoms with E-state index in [4.69, 9.17) is 14.2 Å². The Hall–Kier alpha value is -2.69. The molecule has 1 heterocycles. The summed E-state index contributed by atoms with van der Waals surface area (Å²) in [6.45, 7) is 7.24. The third-order valence-electron chi connectivity index (χ3n) is 4.37. The summed E-state index contributed by atoms with van der Waals surface area (Å²) in [4.78, 5) is 14.0. The van der Waals surface area contributed by atoms with Gasteiger partial charge >= 0.3 is 0 Å². The number of benzene rings is 2. The van der Waals surface area contributed by atoms with Crippen molar-refractivity contribution in [3.63, 3.8) is 0 Å². The molecule has 5 nitrogen and oxygen atoms in total. The van der Waals surface area contributed by atoms with E-state index in [1.165, 1.54) is 5.56 Å². The lowest BCUT2D eigenvalue weighted by atomic mass is 9.87. The van der Waals surface area contributed by atoms with Crippen molar-refractivity contribution < 1.29 is 19.0 Å². The largest absolute Gasteiger partial charge is 0.484 e. The number of amides is 1. The van der Waals surface area contributed by atoms with Crippen LogP contribution in [0.5, 0.6) is 17.2 Å².